The molecule has 2 rings (SSSR count). The van der Waals surface area contributed by atoms with E-state index in [1.165, 1.54) is 6.07 Å². The van der Waals surface area contributed by atoms with Crippen molar-refractivity contribution in [2.75, 3.05) is 18.0 Å². The molecular formula is C8H10FN3O2. The number of hydrogen-bond acceptors (Lipinski definition) is 5. The van der Waals surface area contributed by atoms with Gasteiger partial charge in [0.15, 0.2) is 0 Å². The van der Waals surface area contributed by atoms with Crippen LogP contribution in [-0.2, 0) is 0 Å². The molecule has 5 nitrogen and oxygen atoms in total. The zero-order chi connectivity index (χ0) is 10.1. The van der Waals surface area contributed by atoms with Crippen LogP contribution in [-0.4, -0.2) is 45.5 Å². The molecule has 6 heteroatoms. The highest BCUT2D eigenvalue weighted by molar-refractivity contribution is 5.39. The van der Waals surface area contributed by atoms with E-state index < -0.39 is 18.2 Å². The summed E-state index contributed by atoms with van der Waals surface area (Å²) in [7, 11) is 0. The Balaban J connectivity index is 2.17. The molecule has 1 aliphatic heterocycles. The lowest BCUT2D eigenvalue weighted by atomic mass is 10.3. The van der Waals surface area contributed by atoms with Crippen LogP contribution in [0.4, 0.5) is 10.2 Å². The molecule has 76 valence electrons. The number of anilines is 1. The quantitative estimate of drug-likeness (QED) is 0.577. The van der Waals surface area contributed by atoms with E-state index >= 15 is 0 Å². The topological polar surface area (TPSA) is 69.5 Å². The number of nitrogens with zero attached hydrogens (tertiary/aromatic N) is 3. The SMILES string of the molecule is OC1CN(c2cc(F)ncn2)CC1O. The van der Waals surface area contributed by atoms with Gasteiger partial charge in [-0.25, -0.2) is 9.97 Å². The maximum atomic E-state index is 12.7. The predicted molar refractivity (Wildman–Crippen MR) is 46.2 cm³/mol. The van der Waals surface area contributed by atoms with E-state index in [0.29, 0.717) is 5.82 Å². The fourth-order valence-electron chi connectivity index (χ4n) is 1.45. The molecule has 1 saturated heterocycles. The van der Waals surface area contributed by atoms with Gasteiger partial charge in [0.1, 0.15) is 12.1 Å². The Morgan fingerprint density at radius 2 is 1.93 bits per heavy atom. The summed E-state index contributed by atoms with van der Waals surface area (Å²) in [5, 5.41) is 18.5. The molecule has 0 bridgehead atoms. The molecular weight excluding hydrogens is 189 g/mol. The van der Waals surface area contributed by atoms with Crippen molar-refractivity contribution in [1.82, 2.24) is 9.97 Å². The minimum absolute atomic E-state index is 0.262. The standard InChI is InChI=1S/C8H10FN3O2/c9-7-1-8(11-4-10-7)12-2-5(13)6(14)3-12/h1,4-6,13-14H,2-3H2. The number of aliphatic hydroxyl groups is 2. The molecule has 0 amide bonds. The third-order valence-corrected chi connectivity index (χ3v) is 2.20. The Kier molecular flexibility index (Phi) is 2.30. The Labute approximate surface area is 79.8 Å². The van der Waals surface area contributed by atoms with Crippen LogP contribution < -0.4 is 4.90 Å². The Hall–Kier alpha value is -1.27. The van der Waals surface area contributed by atoms with Gasteiger partial charge in [-0.15, -0.1) is 0 Å². The first-order valence-corrected chi connectivity index (χ1v) is 4.25. The van der Waals surface area contributed by atoms with E-state index in [1.54, 1.807) is 4.90 Å². The van der Waals surface area contributed by atoms with Crippen LogP contribution in [0.5, 0.6) is 0 Å². The first-order valence-electron chi connectivity index (χ1n) is 4.25. The molecule has 2 atom stereocenters. The molecule has 0 spiro atoms. The summed E-state index contributed by atoms with van der Waals surface area (Å²) in [6.07, 6.45) is -0.483. The van der Waals surface area contributed by atoms with Crippen molar-refractivity contribution in [3.05, 3.63) is 18.3 Å². The highest BCUT2D eigenvalue weighted by Gasteiger charge is 2.30. The summed E-state index contributed by atoms with van der Waals surface area (Å²) in [6, 6.07) is 1.17. The van der Waals surface area contributed by atoms with Gasteiger partial charge >= 0.3 is 0 Å². The molecule has 1 aromatic heterocycles. The largest absolute Gasteiger partial charge is 0.389 e. The minimum Gasteiger partial charge on any atom is -0.389 e. The molecule has 14 heavy (non-hydrogen) atoms. The van der Waals surface area contributed by atoms with Crippen molar-refractivity contribution in [1.29, 1.82) is 0 Å². The molecule has 1 aromatic rings. The van der Waals surface area contributed by atoms with Gasteiger partial charge < -0.3 is 15.1 Å². The molecule has 2 unspecified atom stereocenters. The fraction of sp³-hybridized carbons (Fsp3) is 0.500. The van der Waals surface area contributed by atoms with Gasteiger partial charge in [0.2, 0.25) is 5.95 Å². The third kappa shape index (κ3) is 1.66. The van der Waals surface area contributed by atoms with Gasteiger partial charge in [0, 0.05) is 19.2 Å². The highest BCUT2D eigenvalue weighted by Crippen LogP contribution is 2.17. The Bertz CT molecular complexity index is 326. The van der Waals surface area contributed by atoms with Crippen molar-refractivity contribution in [2.24, 2.45) is 0 Å². The summed E-state index contributed by atoms with van der Waals surface area (Å²) < 4.78 is 12.7. The van der Waals surface area contributed by atoms with Crippen LogP contribution in [0, 0.1) is 5.95 Å². The zero-order valence-electron chi connectivity index (χ0n) is 7.34. The molecule has 1 aliphatic rings. The van der Waals surface area contributed by atoms with Gasteiger partial charge in [-0.2, -0.15) is 4.39 Å². The van der Waals surface area contributed by atoms with E-state index in [9.17, 15) is 14.6 Å². The smallest absolute Gasteiger partial charge is 0.218 e. The maximum absolute atomic E-state index is 12.7. The van der Waals surface area contributed by atoms with Crippen molar-refractivity contribution >= 4 is 5.82 Å². The third-order valence-electron chi connectivity index (χ3n) is 2.20. The second-order valence-corrected chi connectivity index (χ2v) is 3.24. The molecule has 2 heterocycles. The van der Waals surface area contributed by atoms with Crippen molar-refractivity contribution in [3.63, 3.8) is 0 Å². The number of aliphatic hydroxyl groups excluding tert-OH is 2. The molecule has 2 N–H and O–H groups in total. The molecule has 1 fully saturated rings. The molecule has 0 saturated carbocycles. The van der Waals surface area contributed by atoms with Crippen molar-refractivity contribution in [3.8, 4) is 0 Å². The van der Waals surface area contributed by atoms with Gasteiger partial charge in [-0.05, 0) is 0 Å². The monoisotopic (exact) mass is 199 g/mol. The highest BCUT2D eigenvalue weighted by atomic mass is 19.1. The average molecular weight is 199 g/mol. The minimum atomic E-state index is -0.798. The lowest BCUT2D eigenvalue weighted by Crippen LogP contribution is -2.22. The first-order chi connectivity index (χ1) is 6.66. The van der Waals surface area contributed by atoms with Crippen LogP contribution in [0.3, 0.4) is 0 Å². The second kappa shape index (κ2) is 3.47. The maximum Gasteiger partial charge on any atom is 0.218 e. The number of halogens is 1. The molecule has 0 aromatic carbocycles. The second-order valence-electron chi connectivity index (χ2n) is 3.24. The zero-order valence-corrected chi connectivity index (χ0v) is 7.34. The summed E-state index contributed by atoms with van der Waals surface area (Å²) in [5.41, 5.74) is 0. The van der Waals surface area contributed by atoms with Crippen LogP contribution in [0.15, 0.2) is 12.4 Å². The summed E-state index contributed by atoms with van der Waals surface area (Å²) in [5.74, 6) is -0.237. The van der Waals surface area contributed by atoms with Gasteiger partial charge in [-0.3, -0.25) is 0 Å². The fourth-order valence-corrected chi connectivity index (χ4v) is 1.45. The number of aromatic nitrogens is 2. The van der Waals surface area contributed by atoms with Gasteiger partial charge in [-0.1, -0.05) is 0 Å². The van der Waals surface area contributed by atoms with Crippen molar-refractivity contribution in [2.45, 2.75) is 12.2 Å². The lowest BCUT2D eigenvalue weighted by Gasteiger charge is -2.15. The van der Waals surface area contributed by atoms with E-state index in [1.807, 2.05) is 0 Å². The van der Waals surface area contributed by atoms with Crippen molar-refractivity contribution < 1.29 is 14.6 Å². The average Bonchev–Trinajstić information content (AvgIpc) is 2.47. The Morgan fingerprint density at radius 1 is 1.29 bits per heavy atom. The predicted octanol–water partition coefficient (Wildman–Crippen LogP) is -0.843. The van der Waals surface area contributed by atoms with Gasteiger partial charge in [0.05, 0.1) is 12.2 Å². The van der Waals surface area contributed by atoms with E-state index in [4.69, 9.17) is 0 Å². The van der Waals surface area contributed by atoms with Crippen LogP contribution in [0.25, 0.3) is 0 Å². The molecule has 0 aliphatic carbocycles. The summed E-state index contributed by atoms with van der Waals surface area (Å²) in [6.45, 7) is 0.523. The van der Waals surface area contributed by atoms with E-state index in [0.717, 1.165) is 6.33 Å². The lowest BCUT2D eigenvalue weighted by molar-refractivity contribution is 0.0572. The normalized spacial score (nSPS) is 26.9. The summed E-state index contributed by atoms with van der Waals surface area (Å²) >= 11 is 0. The van der Waals surface area contributed by atoms with Gasteiger partial charge in [0.25, 0.3) is 0 Å². The summed E-state index contributed by atoms with van der Waals surface area (Å²) in [4.78, 5) is 8.77. The van der Waals surface area contributed by atoms with Crippen LogP contribution >= 0.6 is 0 Å². The number of β-amino-alcohol motifs (C(OH)–C–C–N with tert-alkyl or cyclic N) is 2. The molecule has 0 radical (unpaired) electrons. The van der Waals surface area contributed by atoms with Crippen LogP contribution in [0.1, 0.15) is 0 Å². The number of rotatable bonds is 1. The van der Waals surface area contributed by atoms with E-state index in [-0.39, 0.29) is 13.1 Å². The first kappa shape index (κ1) is 9.29. The number of hydrogen-bond donors (Lipinski definition) is 2. The van der Waals surface area contributed by atoms with E-state index in [2.05, 4.69) is 9.97 Å². The Morgan fingerprint density at radius 3 is 2.50 bits per heavy atom. The van der Waals surface area contributed by atoms with Crippen LogP contribution in [0.2, 0.25) is 0 Å².